The molecule has 3 rings (SSSR count). The summed E-state index contributed by atoms with van der Waals surface area (Å²) in [4.78, 5) is 4.23. The van der Waals surface area contributed by atoms with Crippen LogP contribution in [-0.4, -0.2) is 27.3 Å². The Bertz CT molecular complexity index is 993. The van der Waals surface area contributed by atoms with Gasteiger partial charge in [0.25, 0.3) is 12.2 Å². The number of thiazole rings is 1. The van der Waals surface area contributed by atoms with E-state index >= 15 is 0 Å². The molecule has 1 aromatic heterocycles. The van der Waals surface area contributed by atoms with E-state index < -0.39 is 18.6 Å². The molecule has 0 saturated heterocycles. The minimum Gasteiger partial charge on any atom is -0.435 e. The van der Waals surface area contributed by atoms with Crippen LogP contribution in [-0.2, 0) is 17.1 Å². The number of halogens is 2. The SMILES string of the molecule is CC(C)c1cc(OC(F)F)cc(C2CC2)c1NC(N=S=O)Oc1nc(C(C)(C)O)sc1N. The van der Waals surface area contributed by atoms with Crippen molar-refractivity contribution in [3.05, 3.63) is 28.3 Å². The van der Waals surface area contributed by atoms with Crippen LogP contribution in [0.2, 0.25) is 0 Å². The van der Waals surface area contributed by atoms with Gasteiger partial charge in [0.2, 0.25) is 11.5 Å². The van der Waals surface area contributed by atoms with Crippen LogP contribution in [0, 0.1) is 0 Å². The average molecular weight is 489 g/mol. The lowest BCUT2D eigenvalue weighted by molar-refractivity contribution is -0.0499. The van der Waals surface area contributed by atoms with Gasteiger partial charge in [0.15, 0.2) is 5.00 Å². The molecule has 0 bridgehead atoms. The van der Waals surface area contributed by atoms with Gasteiger partial charge >= 0.3 is 6.61 Å². The number of nitrogens with zero attached hydrogens (tertiary/aromatic N) is 2. The summed E-state index contributed by atoms with van der Waals surface area (Å²) < 4.78 is 51.2. The molecule has 1 fully saturated rings. The number of aromatic nitrogens is 1. The lowest BCUT2D eigenvalue weighted by atomic mass is 9.95. The van der Waals surface area contributed by atoms with E-state index in [1.807, 2.05) is 13.8 Å². The Morgan fingerprint density at radius 3 is 2.53 bits per heavy atom. The molecule has 0 aliphatic heterocycles. The Morgan fingerprint density at radius 2 is 2.03 bits per heavy atom. The fourth-order valence-corrected chi connectivity index (χ4v) is 4.12. The van der Waals surface area contributed by atoms with E-state index in [0.29, 0.717) is 10.7 Å². The van der Waals surface area contributed by atoms with Crippen molar-refractivity contribution in [3.63, 3.8) is 0 Å². The van der Waals surface area contributed by atoms with E-state index in [9.17, 15) is 18.1 Å². The van der Waals surface area contributed by atoms with Crippen LogP contribution in [0.15, 0.2) is 16.5 Å². The number of nitrogens with one attached hydrogen (secondary N) is 1. The number of ether oxygens (including phenoxy) is 2. The van der Waals surface area contributed by atoms with E-state index in [2.05, 4.69) is 19.4 Å². The number of nitrogen functional groups attached to an aromatic ring is 1. The van der Waals surface area contributed by atoms with Crippen molar-refractivity contribution in [3.8, 4) is 11.6 Å². The maximum absolute atomic E-state index is 12.8. The molecule has 0 radical (unpaired) electrons. The molecule has 4 N–H and O–H groups in total. The maximum Gasteiger partial charge on any atom is 0.387 e. The first-order chi connectivity index (χ1) is 15.0. The summed E-state index contributed by atoms with van der Waals surface area (Å²) in [5.74, 6) is 0.271. The van der Waals surface area contributed by atoms with E-state index in [1.54, 1.807) is 26.0 Å². The molecule has 0 amide bonds. The number of hydrogen-bond donors (Lipinski definition) is 3. The van der Waals surface area contributed by atoms with Gasteiger partial charge in [-0.25, -0.2) is 4.98 Å². The van der Waals surface area contributed by atoms with Crippen LogP contribution in [0.5, 0.6) is 11.6 Å². The zero-order chi connectivity index (χ0) is 23.6. The second kappa shape index (κ2) is 9.67. The molecule has 1 saturated carbocycles. The minimum atomic E-state index is -2.93. The molecular formula is C20H26F2N4O4S2. The predicted octanol–water partition coefficient (Wildman–Crippen LogP) is 4.73. The van der Waals surface area contributed by atoms with Crippen molar-refractivity contribution in [2.45, 2.75) is 70.9 Å². The zero-order valence-corrected chi connectivity index (χ0v) is 19.7. The second-order valence-corrected chi connectivity index (χ2v) is 9.72. The summed E-state index contributed by atoms with van der Waals surface area (Å²) in [5, 5.41) is 13.9. The number of hydrogen-bond acceptors (Lipinski definition) is 9. The Hall–Kier alpha value is -2.31. The Balaban J connectivity index is 1.97. The van der Waals surface area contributed by atoms with Crippen LogP contribution in [0.1, 0.15) is 68.5 Å². The van der Waals surface area contributed by atoms with Gasteiger partial charge in [-0.1, -0.05) is 25.2 Å². The highest BCUT2D eigenvalue weighted by Gasteiger charge is 2.31. The molecule has 32 heavy (non-hydrogen) atoms. The van der Waals surface area contributed by atoms with E-state index in [4.69, 9.17) is 10.5 Å². The first-order valence-corrected chi connectivity index (χ1v) is 11.5. The number of rotatable bonds is 10. The van der Waals surface area contributed by atoms with Gasteiger partial charge in [0.05, 0.1) is 0 Å². The monoisotopic (exact) mass is 488 g/mol. The average Bonchev–Trinajstić information content (AvgIpc) is 3.45. The Labute approximate surface area is 192 Å². The summed E-state index contributed by atoms with van der Waals surface area (Å²) in [7, 11) is 0. The fraction of sp³-hybridized carbons (Fsp3) is 0.550. The van der Waals surface area contributed by atoms with E-state index in [0.717, 1.165) is 35.3 Å². The van der Waals surface area contributed by atoms with Crippen molar-refractivity contribution >= 4 is 33.5 Å². The largest absolute Gasteiger partial charge is 0.435 e. The second-order valence-electron chi connectivity index (χ2n) is 8.33. The van der Waals surface area contributed by atoms with Crippen molar-refractivity contribution in [1.82, 2.24) is 4.98 Å². The standard InChI is InChI=1S/C20H26F2N4O4S2/c1-9(2)12-7-11(29-18(21)22)8-13(10-5-6-10)14(12)24-19(26-32-28)30-16-15(23)31-17(25-16)20(3,4)27/h7-10,18-19,24,27H,5-6,23H2,1-4H3. The summed E-state index contributed by atoms with van der Waals surface area (Å²) in [6.45, 7) is 4.06. The number of aliphatic hydroxyl groups is 1. The third kappa shape index (κ3) is 5.93. The van der Waals surface area contributed by atoms with Crippen LogP contribution >= 0.6 is 11.3 Å². The predicted molar refractivity (Wildman–Crippen MR) is 120 cm³/mol. The number of nitrogens with two attached hydrogens (primary N) is 1. The van der Waals surface area contributed by atoms with Gasteiger partial charge in [-0.15, -0.1) is 4.36 Å². The molecule has 1 aliphatic rings. The maximum atomic E-state index is 12.8. The third-order valence-corrected chi connectivity index (χ3v) is 6.27. The summed E-state index contributed by atoms with van der Waals surface area (Å²) in [5.41, 5.74) is 6.96. The van der Waals surface area contributed by atoms with E-state index in [1.165, 1.54) is 0 Å². The van der Waals surface area contributed by atoms with Crippen LogP contribution in [0.3, 0.4) is 0 Å². The lowest BCUT2D eigenvalue weighted by Crippen LogP contribution is -2.26. The van der Waals surface area contributed by atoms with Gasteiger partial charge in [-0.3, -0.25) is 0 Å². The molecule has 2 aromatic rings. The van der Waals surface area contributed by atoms with Crippen LogP contribution < -0.4 is 20.5 Å². The molecule has 12 heteroatoms. The first-order valence-electron chi connectivity index (χ1n) is 10.0. The first kappa shape index (κ1) is 24.3. The van der Waals surface area contributed by atoms with Gasteiger partial charge in [0, 0.05) is 5.69 Å². The van der Waals surface area contributed by atoms with E-state index in [-0.39, 0.29) is 39.9 Å². The number of anilines is 2. The number of benzene rings is 1. The fourth-order valence-electron chi connectivity index (χ4n) is 3.18. The van der Waals surface area contributed by atoms with Crippen LogP contribution in [0.25, 0.3) is 0 Å². The lowest BCUT2D eigenvalue weighted by Gasteiger charge is -2.23. The molecule has 1 atom stereocenters. The topological polar surface area (TPSA) is 119 Å². The van der Waals surface area contributed by atoms with Gasteiger partial charge in [-0.05, 0) is 61.8 Å². The summed E-state index contributed by atoms with van der Waals surface area (Å²) >= 11 is 1.04. The molecule has 8 nitrogen and oxygen atoms in total. The highest BCUT2D eigenvalue weighted by atomic mass is 32.1. The van der Waals surface area contributed by atoms with Crippen molar-refractivity contribution < 1.29 is 27.6 Å². The zero-order valence-electron chi connectivity index (χ0n) is 18.1. The van der Waals surface area contributed by atoms with Crippen molar-refractivity contribution in [2.75, 3.05) is 11.1 Å². The molecule has 176 valence electrons. The number of alkyl halides is 2. The molecule has 1 aromatic carbocycles. The molecule has 1 heterocycles. The molecule has 0 spiro atoms. The van der Waals surface area contributed by atoms with Gasteiger partial charge in [0.1, 0.15) is 16.4 Å². The molecular weight excluding hydrogens is 462 g/mol. The summed E-state index contributed by atoms with van der Waals surface area (Å²) in [6, 6.07) is 3.14. The Kier molecular flexibility index (Phi) is 7.36. The van der Waals surface area contributed by atoms with Gasteiger partial charge in [-0.2, -0.15) is 13.0 Å². The van der Waals surface area contributed by atoms with Crippen LogP contribution in [0.4, 0.5) is 19.5 Å². The smallest absolute Gasteiger partial charge is 0.387 e. The molecule has 1 aliphatic carbocycles. The van der Waals surface area contributed by atoms with Gasteiger partial charge < -0.3 is 25.6 Å². The minimum absolute atomic E-state index is 0.0288. The summed E-state index contributed by atoms with van der Waals surface area (Å²) in [6.07, 6.45) is 0.683. The Morgan fingerprint density at radius 1 is 1.34 bits per heavy atom. The molecule has 1 unspecified atom stereocenters. The normalized spacial score (nSPS) is 15.0. The van der Waals surface area contributed by atoms with Crippen molar-refractivity contribution in [2.24, 2.45) is 4.36 Å². The highest BCUT2D eigenvalue weighted by Crippen LogP contribution is 2.47. The quantitative estimate of drug-likeness (QED) is 0.414. The highest BCUT2D eigenvalue weighted by molar-refractivity contribution is 7.54. The third-order valence-electron chi connectivity index (χ3n) is 4.81. The van der Waals surface area contributed by atoms with Crippen molar-refractivity contribution in [1.29, 1.82) is 0 Å².